The van der Waals surface area contributed by atoms with Gasteiger partial charge in [0, 0.05) is 0 Å². The Morgan fingerprint density at radius 2 is 0.722 bits per heavy atom. The highest BCUT2D eigenvalue weighted by molar-refractivity contribution is 6.22. The molecule has 0 heteroatoms. The van der Waals surface area contributed by atoms with Crippen molar-refractivity contribution >= 4 is 43.1 Å². The summed E-state index contributed by atoms with van der Waals surface area (Å²) in [4.78, 5) is 0. The van der Waals surface area contributed by atoms with Gasteiger partial charge in [0.2, 0.25) is 0 Å². The summed E-state index contributed by atoms with van der Waals surface area (Å²) in [5.74, 6) is 0. The molecule has 0 fully saturated rings. The molecule has 0 unspecified atom stereocenters. The Kier molecular flexibility index (Phi) is 4.69. The number of hydrogen-bond acceptors (Lipinski definition) is 0. The highest BCUT2D eigenvalue weighted by Crippen LogP contribution is 2.44. The van der Waals surface area contributed by atoms with Crippen molar-refractivity contribution in [2.24, 2.45) is 0 Å². The number of aryl methyl sites for hydroxylation is 2. The van der Waals surface area contributed by atoms with Crippen LogP contribution >= 0.6 is 0 Å². The van der Waals surface area contributed by atoms with Crippen molar-refractivity contribution in [3.05, 3.63) is 132 Å². The summed E-state index contributed by atoms with van der Waals surface area (Å²) in [7, 11) is 0. The molecule has 0 bridgehead atoms. The lowest BCUT2D eigenvalue weighted by atomic mass is 9.85. The van der Waals surface area contributed by atoms with E-state index in [1.807, 2.05) is 0 Å². The summed E-state index contributed by atoms with van der Waals surface area (Å²) in [6, 6.07) is 45.0. The Morgan fingerprint density at radius 1 is 0.333 bits per heavy atom. The fourth-order valence-electron chi connectivity index (χ4n) is 5.79. The van der Waals surface area contributed by atoms with Crippen LogP contribution in [0.2, 0.25) is 0 Å². The zero-order chi connectivity index (χ0) is 24.2. The minimum atomic E-state index is 1.26. The van der Waals surface area contributed by atoms with E-state index in [-0.39, 0.29) is 0 Å². The molecular weight excluding hydrogens is 432 g/mol. The van der Waals surface area contributed by atoms with E-state index in [2.05, 4.69) is 135 Å². The lowest BCUT2D eigenvalue weighted by Gasteiger charge is -2.18. The van der Waals surface area contributed by atoms with Crippen LogP contribution in [0.3, 0.4) is 0 Å². The van der Waals surface area contributed by atoms with Gasteiger partial charge in [-0.2, -0.15) is 0 Å². The summed E-state index contributed by atoms with van der Waals surface area (Å²) in [6.07, 6.45) is 0. The molecule has 0 nitrogen and oxygen atoms in total. The number of fused-ring (bicyclic) bond motifs is 4. The largest absolute Gasteiger partial charge is 0.0616 e. The average Bonchev–Trinajstić information content (AvgIpc) is 2.91. The second-order valence-corrected chi connectivity index (χ2v) is 9.97. The Balaban J connectivity index is 1.58. The van der Waals surface area contributed by atoms with Gasteiger partial charge in [-0.3, -0.25) is 0 Å². The summed E-state index contributed by atoms with van der Waals surface area (Å²) >= 11 is 0. The molecular formula is C36H26. The van der Waals surface area contributed by atoms with Crippen molar-refractivity contribution < 1.29 is 0 Å². The molecule has 0 aliphatic heterocycles. The molecule has 0 radical (unpaired) electrons. The van der Waals surface area contributed by atoms with Crippen molar-refractivity contribution in [2.75, 3.05) is 0 Å². The van der Waals surface area contributed by atoms with Gasteiger partial charge in [0.25, 0.3) is 0 Å². The third-order valence-corrected chi connectivity index (χ3v) is 7.50. The fraction of sp³-hybridized carbons (Fsp3) is 0.0556. The van der Waals surface area contributed by atoms with E-state index in [0.717, 1.165) is 0 Å². The minimum Gasteiger partial charge on any atom is -0.0616 e. The maximum Gasteiger partial charge on any atom is -0.00262 e. The average molecular weight is 459 g/mol. The first-order valence-corrected chi connectivity index (χ1v) is 12.6. The molecule has 7 rings (SSSR count). The molecule has 0 aromatic heterocycles. The van der Waals surface area contributed by atoms with Gasteiger partial charge < -0.3 is 0 Å². The molecule has 0 atom stereocenters. The van der Waals surface area contributed by atoms with Crippen molar-refractivity contribution in [1.82, 2.24) is 0 Å². The maximum atomic E-state index is 2.36. The smallest absolute Gasteiger partial charge is 0.00262 e. The zero-order valence-corrected chi connectivity index (χ0v) is 20.5. The van der Waals surface area contributed by atoms with Gasteiger partial charge in [0.05, 0.1) is 0 Å². The molecule has 0 amide bonds. The lowest BCUT2D eigenvalue weighted by Crippen LogP contribution is -1.91. The first kappa shape index (κ1) is 20.9. The molecule has 0 heterocycles. The van der Waals surface area contributed by atoms with Gasteiger partial charge in [-0.05, 0) is 91.3 Å². The molecule has 0 saturated carbocycles. The van der Waals surface area contributed by atoms with E-state index < -0.39 is 0 Å². The predicted molar refractivity (Wildman–Crippen MR) is 157 cm³/mol. The second-order valence-electron chi connectivity index (χ2n) is 9.97. The first-order chi connectivity index (χ1) is 17.7. The van der Waals surface area contributed by atoms with Gasteiger partial charge in [0.1, 0.15) is 0 Å². The van der Waals surface area contributed by atoms with Crippen LogP contribution in [0.15, 0.2) is 121 Å². The number of rotatable bonds is 2. The molecule has 7 aromatic carbocycles. The Hall–Kier alpha value is -4.42. The van der Waals surface area contributed by atoms with Crippen LogP contribution in [-0.2, 0) is 0 Å². The predicted octanol–water partition coefficient (Wildman–Crippen LogP) is 10.3. The lowest BCUT2D eigenvalue weighted by molar-refractivity contribution is 1.51. The topological polar surface area (TPSA) is 0 Å². The molecule has 0 saturated heterocycles. The van der Waals surface area contributed by atoms with Crippen molar-refractivity contribution in [3.8, 4) is 22.3 Å². The van der Waals surface area contributed by atoms with Gasteiger partial charge in [-0.15, -0.1) is 0 Å². The molecule has 0 spiro atoms. The SMILES string of the molecule is Cc1ccc2cc(-c3c4ccccc4c(-c4ccc5ccc(C)cc5c4)c4ccccc34)ccc2c1. The minimum absolute atomic E-state index is 1.26. The summed E-state index contributed by atoms with van der Waals surface area (Å²) in [5, 5.41) is 10.3. The van der Waals surface area contributed by atoms with E-state index in [1.165, 1.54) is 76.5 Å². The first-order valence-electron chi connectivity index (χ1n) is 12.6. The molecule has 7 aromatic rings. The van der Waals surface area contributed by atoms with Crippen LogP contribution < -0.4 is 0 Å². The van der Waals surface area contributed by atoms with Gasteiger partial charge in [-0.25, -0.2) is 0 Å². The molecule has 0 N–H and O–H groups in total. The van der Waals surface area contributed by atoms with Crippen LogP contribution in [0.4, 0.5) is 0 Å². The maximum absolute atomic E-state index is 2.36. The zero-order valence-electron chi connectivity index (χ0n) is 20.5. The summed E-state index contributed by atoms with van der Waals surface area (Å²) in [5.41, 5.74) is 7.73. The van der Waals surface area contributed by atoms with Crippen LogP contribution in [0.25, 0.3) is 65.3 Å². The van der Waals surface area contributed by atoms with E-state index >= 15 is 0 Å². The van der Waals surface area contributed by atoms with Crippen LogP contribution in [0.1, 0.15) is 11.1 Å². The summed E-state index contributed by atoms with van der Waals surface area (Å²) < 4.78 is 0. The standard InChI is InChI=1S/C36H26/c1-23-12-14-27-21-28(18-16-26(27)19-23)35-31-7-3-5-9-33(31)36(34-10-6-4-8-32(34)35)29-17-15-25-13-11-24(2)20-30(25)22-29/h3-22H,1-2H3. The van der Waals surface area contributed by atoms with Gasteiger partial charge in [-0.1, -0.05) is 120 Å². The molecule has 0 aliphatic carbocycles. The molecule has 36 heavy (non-hydrogen) atoms. The number of hydrogen-bond donors (Lipinski definition) is 0. The van der Waals surface area contributed by atoms with Crippen molar-refractivity contribution in [2.45, 2.75) is 13.8 Å². The van der Waals surface area contributed by atoms with Crippen LogP contribution in [0.5, 0.6) is 0 Å². The third-order valence-electron chi connectivity index (χ3n) is 7.50. The van der Waals surface area contributed by atoms with Crippen LogP contribution in [-0.4, -0.2) is 0 Å². The van der Waals surface area contributed by atoms with E-state index in [9.17, 15) is 0 Å². The van der Waals surface area contributed by atoms with Crippen molar-refractivity contribution in [3.63, 3.8) is 0 Å². The Morgan fingerprint density at radius 3 is 1.28 bits per heavy atom. The Labute approximate surface area is 211 Å². The van der Waals surface area contributed by atoms with Crippen LogP contribution in [0, 0.1) is 13.8 Å². The van der Waals surface area contributed by atoms with E-state index in [0.29, 0.717) is 0 Å². The normalized spacial score (nSPS) is 11.6. The van der Waals surface area contributed by atoms with E-state index in [1.54, 1.807) is 0 Å². The molecule has 0 aliphatic rings. The van der Waals surface area contributed by atoms with Crippen molar-refractivity contribution in [1.29, 1.82) is 0 Å². The highest BCUT2D eigenvalue weighted by atomic mass is 14.2. The Bertz CT molecular complexity index is 1900. The highest BCUT2D eigenvalue weighted by Gasteiger charge is 2.17. The molecule has 170 valence electrons. The number of benzene rings is 7. The third kappa shape index (κ3) is 3.30. The monoisotopic (exact) mass is 458 g/mol. The fourth-order valence-corrected chi connectivity index (χ4v) is 5.79. The van der Waals surface area contributed by atoms with Gasteiger partial charge in [0.15, 0.2) is 0 Å². The summed E-state index contributed by atoms with van der Waals surface area (Å²) in [6.45, 7) is 4.32. The second kappa shape index (κ2) is 8.07. The quantitative estimate of drug-likeness (QED) is 0.226. The van der Waals surface area contributed by atoms with E-state index in [4.69, 9.17) is 0 Å². The van der Waals surface area contributed by atoms with Gasteiger partial charge >= 0.3 is 0 Å².